The Morgan fingerprint density at radius 2 is 1.68 bits per heavy atom. The van der Waals surface area contributed by atoms with Gasteiger partial charge in [-0.05, 0) is 54.2 Å². The number of carboxylic acids is 1. The van der Waals surface area contributed by atoms with Crippen LogP contribution in [0.5, 0.6) is 11.5 Å². The molecule has 3 aromatic carbocycles. The molecule has 0 radical (unpaired) electrons. The van der Waals surface area contributed by atoms with Gasteiger partial charge in [0.1, 0.15) is 18.1 Å². The van der Waals surface area contributed by atoms with Crippen LogP contribution in [0.25, 0.3) is 0 Å². The van der Waals surface area contributed by atoms with Crippen LogP contribution in [0.1, 0.15) is 59.8 Å². The van der Waals surface area contributed by atoms with Crippen molar-refractivity contribution in [2.24, 2.45) is 5.92 Å². The van der Waals surface area contributed by atoms with E-state index in [9.17, 15) is 18.4 Å². The number of carbonyl (C=O) groups is 2. The number of carbonyl (C=O) groups excluding carboxylic acids is 1. The number of rotatable bonds is 13. The number of hydrogen-bond donors (Lipinski definition) is 2. The lowest BCUT2D eigenvalue weighted by Crippen LogP contribution is -2.31. The van der Waals surface area contributed by atoms with E-state index < -0.39 is 24.5 Å². The first-order chi connectivity index (χ1) is 17.7. The van der Waals surface area contributed by atoms with Gasteiger partial charge < -0.3 is 19.9 Å². The Labute approximate surface area is 215 Å². The van der Waals surface area contributed by atoms with Gasteiger partial charge in [0.15, 0.2) is 0 Å². The summed E-state index contributed by atoms with van der Waals surface area (Å²) in [5.74, 6) is -0.587. The number of hydrogen-bond acceptors (Lipinski definition) is 4. The van der Waals surface area contributed by atoms with E-state index in [0.29, 0.717) is 28.9 Å². The van der Waals surface area contributed by atoms with Gasteiger partial charge in [0.05, 0.1) is 6.04 Å². The van der Waals surface area contributed by atoms with Gasteiger partial charge in [-0.1, -0.05) is 62.4 Å². The van der Waals surface area contributed by atoms with E-state index in [2.05, 4.69) is 5.32 Å². The number of aliphatic carboxylic acids is 1. The second-order valence-corrected chi connectivity index (χ2v) is 9.06. The number of ether oxygens (including phenoxy) is 2. The minimum Gasteiger partial charge on any atom is -0.489 e. The molecule has 1 amide bonds. The molecule has 0 aliphatic heterocycles. The summed E-state index contributed by atoms with van der Waals surface area (Å²) in [6.45, 7) is 1.15. The van der Waals surface area contributed by atoms with Crippen LogP contribution < -0.4 is 14.8 Å². The summed E-state index contributed by atoms with van der Waals surface area (Å²) in [7, 11) is 0. The summed E-state index contributed by atoms with van der Waals surface area (Å²) in [6, 6.07) is 20.2. The highest BCUT2D eigenvalue weighted by Gasteiger charge is 2.23. The molecule has 0 saturated heterocycles. The molecule has 0 spiro atoms. The van der Waals surface area contributed by atoms with E-state index in [1.54, 1.807) is 36.4 Å². The minimum absolute atomic E-state index is 0.000405. The average molecular weight is 512 g/mol. The lowest BCUT2D eigenvalue weighted by atomic mass is 9.94. The maximum atomic E-state index is 13.5. The van der Waals surface area contributed by atoms with Gasteiger partial charge in [-0.3, -0.25) is 9.59 Å². The molecule has 0 heterocycles. The summed E-state index contributed by atoms with van der Waals surface area (Å²) < 4.78 is 36.6. The molecule has 3 rings (SSSR count). The number of benzene rings is 3. The molecule has 37 heavy (non-hydrogen) atoms. The number of aryl methyl sites for hydroxylation is 1. The van der Waals surface area contributed by atoms with E-state index in [1.807, 2.05) is 44.2 Å². The van der Waals surface area contributed by atoms with Gasteiger partial charge in [0, 0.05) is 17.5 Å². The van der Waals surface area contributed by atoms with Crippen molar-refractivity contribution in [2.45, 2.75) is 52.4 Å². The minimum atomic E-state index is -3.00. The standard InChI is InChI=1S/C29H31F2NO5/c1-19(2)16-25(23-10-6-7-11-26(23)37-29(30)31)32-28(35)24-17-20(12-13-21(24)14-15-27(33)34)18-36-22-8-4-3-5-9-22/h3-13,17,19,25,29H,14-16,18H2,1-2H3,(H,32,35)(H,33,34). The number of nitrogens with one attached hydrogen (secondary N) is 1. The molecule has 1 unspecified atom stereocenters. The summed E-state index contributed by atoms with van der Waals surface area (Å²) in [6.07, 6.45) is 0.509. The van der Waals surface area contributed by atoms with E-state index in [-0.39, 0.29) is 31.1 Å². The van der Waals surface area contributed by atoms with E-state index >= 15 is 0 Å². The lowest BCUT2D eigenvalue weighted by Gasteiger charge is -2.24. The molecule has 0 aromatic heterocycles. The second-order valence-electron chi connectivity index (χ2n) is 9.06. The number of alkyl halides is 2. The first kappa shape index (κ1) is 27.6. The molecule has 2 N–H and O–H groups in total. The third-order valence-electron chi connectivity index (χ3n) is 5.70. The van der Waals surface area contributed by atoms with E-state index in [1.165, 1.54) is 6.07 Å². The second kappa shape index (κ2) is 13.4. The van der Waals surface area contributed by atoms with Crippen LogP contribution in [0, 0.1) is 5.92 Å². The van der Waals surface area contributed by atoms with Crippen LogP contribution in [-0.4, -0.2) is 23.6 Å². The molecular weight excluding hydrogens is 480 g/mol. The van der Waals surface area contributed by atoms with Crippen molar-refractivity contribution in [1.82, 2.24) is 5.32 Å². The average Bonchev–Trinajstić information content (AvgIpc) is 2.86. The molecule has 0 saturated carbocycles. The Bertz CT molecular complexity index is 1180. The molecule has 8 heteroatoms. The van der Waals surface area contributed by atoms with Crippen molar-refractivity contribution in [1.29, 1.82) is 0 Å². The highest BCUT2D eigenvalue weighted by atomic mass is 19.3. The zero-order valence-corrected chi connectivity index (χ0v) is 20.8. The fraction of sp³-hybridized carbons (Fsp3) is 0.310. The zero-order valence-electron chi connectivity index (χ0n) is 20.8. The van der Waals surface area contributed by atoms with Gasteiger partial charge in [-0.2, -0.15) is 8.78 Å². The first-order valence-electron chi connectivity index (χ1n) is 12.1. The third-order valence-corrected chi connectivity index (χ3v) is 5.70. The van der Waals surface area contributed by atoms with Crippen molar-refractivity contribution in [2.75, 3.05) is 0 Å². The van der Waals surface area contributed by atoms with Gasteiger partial charge in [-0.15, -0.1) is 0 Å². The van der Waals surface area contributed by atoms with Crippen molar-refractivity contribution >= 4 is 11.9 Å². The molecule has 6 nitrogen and oxygen atoms in total. The van der Waals surface area contributed by atoms with E-state index in [4.69, 9.17) is 14.6 Å². The van der Waals surface area contributed by atoms with Crippen LogP contribution in [0.4, 0.5) is 8.78 Å². The predicted octanol–water partition coefficient (Wildman–Crippen LogP) is 6.40. The summed E-state index contributed by atoms with van der Waals surface area (Å²) in [4.78, 5) is 24.7. The molecule has 0 bridgehead atoms. The van der Waals surface area contributed by atoms with Gasteiger partial charge in [-0.25, -0.2) is 0 Å². The van der Waals surface area contributed by atoms with Crippen molar-refractivity contribution in [3.63, 3.8) is 0 Å². The number of amides is 1. The SMILES string of the molecule is CC(C)CC(NC(=O)c1cc(COc2ccccc2)ccc1CCC(=O)O)c1ccccc1OC(F)F. The summed E-state index contributed by atoms with van der Waals surface area (Å²) in [5, 5.41) is 12.1. The summed E-state index contributed by atoms with van der Waals surface area (Å²) in [5.41, 5.74) is 2.07. The maximum Gasteiger partial charge on any atom is 0.387 e. The molecule has 0 fully saturated rings. The molecule has 196 valence electrons. The van der Waals surface area contributed by atoms with Crippen LogP contribution in [0.3, 0.4) is 0 Å². The maximum absolute atomic E-state index is 13.5. The normalized spacial score (nSPS) is 11.8. The van der Waals surface area contributed by atoms with Crippen molar-refractivity contribution in [3.05, 3.63) is 95.1 Å². The quantitative estimate of drug-likeness (QED) is 0.277. The Hall–Kier alpha value is -3.94. The first-order valence-corrected chi connectivity index (χ1v) is 12.1. The lowest BCUT2D eigenvalue weighted by molar-refractivity contribution is -0.136. The number of carboxylic acid groups (broad SMARTS) is 1. The smallest absolute Gasteiger partial charge is 0.387 e. The van der Waals surface area contributed by atoms with Crippen molar-refractivity contribution in [3.8, 4) is 11.5 Å². The third kappa shape index (κ3) is 8.59. The Morgan fingerprint density at radius 3 is 2.35 bits per heavy atom. The van der Waals surface area contributed by atoms with Crippen LogP contribution in [-0.2, 0) is 17.8 Å². The van der Waals surface area contributed by atoms with Gasteiger partial charge in [0.2, 0.25) is 0 Å². The molecule has 0 aliphatic rings. The monoisotopic (exact) mass is 511 g/mol. The van der Waals surface area contributed by atoms with Crippen LogP contribution in [0.15, 0.2) is 72.8 Å². The summed E-state index contributed by atoms with van der Waals surface area (Å²) >= 11 is 0. The predicted molar refractivity (Wildman–Crippen MR) is 136 cm³/mol. The number of halogens is 2. The fourth-order valence-electron chi connectivity index (χ4n) is 4.01. The molecule has 0 aliphatic carbocycles. The van der Waals surface area contributed by atoms with Gasteiger partial charge >= 0.3 is 12.6 Å². The zero-order chi connectivity index (χ0) is 26.8. The highest BCUT2D eigenvalue weighted by molar-refractivity contribution is 5.96. The Kier molecular flexibility index (Phi) is 10.0. The Morgan fingerprint density at radius 1 is 0.973 bits per heavy atom. The van der Waals surface area contributed by atoms with Crippen LogP contribution >= 0.6 is 0 Å². The number of para-hydroxylation sites is 2. The largest absolute Gasteiger partial charge is 0.489 e. The fourth-order valence-corrected chi connectivity index (χ4v) is 4.01. The Balaban J connectivity index is 1.90. The topological polar surface area (TPSA) is 84.9 Å². The highest BCUT2D eigenvalue weighted by Crippen LogP contribution is 2.31. The molecule has 3 aromatic rings. The van der Waals surface area contributed by atoms with Crippen molar-refractivity contribution < 1.29 is 33.0 Å². The molecular formula is C29H31F2NO5. The van der Waals surface area contributed by atoms with E-state index in [0.717, 1.165) is 5.56 Å². The molecule has 1 atom stereocenters. The van der Waals surface area contributed by atoms with Crippen LogP contribution in [0.2, 0.25) is 0 Å². The van der Waals surface area contributed by atoms with Gasteiger partial charge in [0.25, 0.3) is 5.91 Å².